The molecule has 0 radical (unpaired) electrons. The molecular formula is C13H27NO. The average Bonchev–Trinajstić information content (AvgIpc) is 1.94. The number of ketones is 1. The first-order chi connectivity index (χ1) is 6.46. The molecule has 90 valence electrons. The molecule has 0 rings (SSSR count). The van der Waals surface area contributed by atoms with E-state index in [2.05, 4.69) is 39.9 Å². The molecule has 2 heteroatoms. The lowest BCUT2D eigenvalue weighted by Crippen LogP contribution is -2.52. The van der Waals surface area contributed by atoms with Crippen LogP contribution < -0.4 is 5.32 Å². The van der Waals surface area contributed by atoms with Crippen LogP contribution in [-0.4, -0.2) is 17.9 Å². The molecule has 0 saturated heterocycles. The minimum absolute atomic E-state index is 0.0331. The summed E-state index contributed by atoms with van der Waals surface area (Å²) in [7, 11) is 0. The minimum Gasteiger partial charge on any atom is -0.305 e. The predicted molar refractivity (Wildman–Crippen MR) is 66.0 cm³/mol. The second kappa shape index (κ2) is 4.65. The standard InChI is InChI=1S/C13H27NO/c1-9(2)14-10(12(3,4)5)11(15)13(6,7)8/h9-10,14H,1-8H3. The topological polar surface area (TPSA) is 29.1 Å². The molecule has 0 aromatic carbocycles. The van der Waals surface area contributed by atoms with Gasteiger partial charge in [0.2, 0.25) is 0 Å². The lowest BCUT2D eigenvalue weighted by atomic mass is 9.75. The molecule has 0 aliphatic carbocycles. The Bertz CT molecular complexity index is 218. The van der Waals surface area contributed by atoms with E-state index in [-0.39, 0.29) is 16.9 Å². The van der Waals surface area contributed by atoms with E-state index in [4.69, 9.17) is 0 Å². The van der Waals surface area contributed by atoms with Crippen molar-refractivity contribution in [2.24, 2.45) is 10.8 Å². The van der Waals surface area contributed by atoms with Crippen molar-refractivity contribution >= 4 is 5.78 Å². The van der Waals surface area contributed by atoms with Crippen LogP contribution in [-0.2, 0) is 4.79 Å². The van der Waals surface area contributed by atoms with Gasteiger partial charge in [-0.25, -0.2) is 0 Å². The van der Waals surface area contributed by atoms with Crippen molar-refractivity contribution in [3.63, 3.8) is 0 Å². The number of hydrogen-bond donors (Lipinski definition) is 1. The fourth-order valence-electron chi connectivity index (χ4n) is 1.49. The Morgan fingerprint density at radius 2 is 1.40 bits per heavy atom. The predicted octanol–water partition coefficient (Wildman–Crippen LogP) is 3.01. The number of rotatable bonds is 3. The molecular weight excluding hydrogens is 186 g/mol. The van der Waals surface area contributed by atoms with E-state index in [9.17, 15) is 4.79 Å². The second-order valence-electron chi connectivity index (χ2n) is 6.73. The fourth-order valence-corrected chi connectivity index (χ4v) is 1.49. The molecule has 0 aliphatic rings. The molecule has 0 bridgehead atoms. The molecule has 15 heavy (non-hydrogen) atoms. The molecule has 0 fully saturated rings. The molecule has 0 aliphatic heterocycles. The van der Waals surface area contributed by atoms with Crippen molar-refractivity contribution in [1.29, 1.82) is 0 Å². The second-order valence-corrected chi connectivity index (χ2v) is 6.73. The minimum atomic E-state index is -0.278. The van der Waals surface area contributed by atoms with Crippen LogP contribution in [0.15, 0.2) is 0 Å². The number of nitrogens with one attached hydrogen (secondary N) is 1. The van der Waals surface area contributed by atoms with Gasteiger partial charge >= 0.3 is 0 Å². The first kappa shape index (κ1) is 14.6. The number of Topliss-reactive ketones (excluding diaryl/α,β-unsaturated/α-hetero) is 1. The van der Waals surface area contributed by atoms with Crippen molar-refractivity contribution < 1.29 is 4.79 Å². The normalized spacial score (nSPS) is 15.5. The van der Waals surface area contributed by atoms with Gasteiger partial charge in [-0.15, -0.1) is 0 Å². The van der Waals surface area contributed by atoms with Crippen LogP contribution in [0.5, 0.6) is 0 Å². The van der Waals surface area contributed by atoms with Gasteiger partial charge in [0.15, 0.2) is 5.78 Å². The third-order valence-electron chi connectivity index (χ3n) is 2.37. The Balaban J connectivity index is 4.89. The van der Waals surface area contributed by atoms with Crippen LogP contribution >= 0.6 is 0 Å². The summed E-state index contributed by atoms with van der Waals surface area (Å²) in [6.07, 6.45) is 0. The molecule has 1 atom stereocenters. The quantitative estimate of drug-likeness (QED) is 0.781. The van der Waals surface area contributed by atoms with Crippen molar-refractivity contribution in [2.75, 3.05) is 0 Å². The third-order valence-corrected chi connectivity index (χ3v) is 2.37. The molecule has 2 nitrogen and oxygen atoms in total. The summed E-state index contributed by atoms with van der Waals surface area (Å²) in [5, 5.41) is 3.38. The maximum atomic E-state index is 12.3. The Labute approximate surface area is 94.8 Å². The SMILES string of the molecule is CC(C)NC(C(=O)C(C)(C)C)C(C)(C)C. The summed E-state index contributed by atoms with van der Waals surface area (Å²) in [4.78, 5) is 12.3. The van der Waals surface area contributed by atoms with Gasteiger partial charge in [-0.05, 0) is 5.41 Å². The van der Waals surface area contributed by atoms with E-state index in [1.54, 1.807) is 0 Å². The van der Waals surface area contributed by atoms with Crippen molar-refractivity contribution in [1.82, 2.24) is 5.32 Å². The van der Waals surface area contributed by atoms with Crippen LogP contribution in [0.25, 0.3) is 0 Å². The zero-order valence-corrected chi connectivity index (χ0v) is 11.6. The summed E-state index contributed by atoms with van der Waals surface area (Å²) < 4.78 is 0. The molecule has 0 heterocycles. The maximum absolute atomic E-state index is 12.3. The Morgan fingerprint density at radius 1 is 1.00 bits per heavy atom. The Morgan fingerprint density at radius 3 is 1.60 bits per heavy atom. The first-order valence-electron chi connectivity index (χ1n) is 5.76. The van der Waals surface area contributed by atoms with Crippen LogP contribution in [0.3, 0.4) is 0 Å². The van der Waals surface area contributed by atoms with E-state index in [0.29, 0.717) is 11.8 Å². The number of carbonyl (C=O) groups excluding carboxylic acids is 1. The van der Waals surface area contributed by atoms with E-state index in [1.807, 2.05) is 20.8 Å². The van der Waals surface area contributed by atoms with Crippen LogP contribution in [0.4, 0.5) is 0 Å². The summed E-state index contributed by atoms with van der Waals surface area (Å²) in [6, 6.07) is 0.262. The molecule has 0 spiro atoms. The van der Waals surface area contributed by atoms with E-state index in [1.165, 1.54) is 0 Å². The third kappa shape index (κ3) is 4.78. The summed E-state index contributed by atoms with van der Waals surface area (Å²) in [5.41, 5.74) is -0.311. The summed E-state index contributed by atoms with van der Waals surface area (Å²) in [6.45, 7) is 16.4. The van der Waals surface area contributed by atoms with Crippen molar-refractivity contribution in [3.8, 4) is 0 Å². The maximum Gasteiger partial charge on any atom is 0.155 e. The van der Waals surface area contributed by atoms with Crippen molar-refractivity contribution in [2.45, 2.75) is 67.5 Å². The van der Waals surface area contributed by atoms with Gasteiger partial charge in [-0.1, -0.05) is 55.4 Å². The molecule has 0 aromatic rings. The van der Waals surface area contributed by atoms with Gasteiger partial charge in [0, 0.05) is 11.5 Å². The smallest absolute Gasteiger partial charge is 0.155 e. The van der Waals surface area contributed by atoms with Gasteiger partial charge in [0.25, 0.3) is 0 Å². The monoisotopic (exact) mass is 213 g/mol. The highest BCUT2D eigenvalue weighted by molar-refractivity contribution is 5.89. The van der Waals surface area contributed by atoms with Crippen LogP contribution in [0.1, 0.15) is 55.4 Å². The molecule has 1 unspecified atom stereocenters. The lowest BCUT2D eigenvalue weighted by molar-refractivity contribution is -0.131. The van der Waals surface area contributed by atoms with Gasteiger partial charge in [-0.2, -0.15) is 0 Å². The van der Waals surface area contributed by atoms with Crippen molar-refractivity contribution in [3.05, 3.63) is 0 Å². The molecule has 0 aromatic heterocycles. The van der Waals surface area contributed by atoms with Gasteiger partial charge in [0.05, 0.1) is 6.04 Å². The van der Waals surface area contributed by atoms with E-state index < -0.39 is 0 Å². The zero-order chi connectivity index (χ0) is 12.4. The van der Waals surface area contributed by atoms with Crippen LogP contribution in [0.2, 0.25) is 0 Å². The molecule has 1 N–H and O–H groups in total. The first-order valence-corrected chi connectivity index (χ1v) is 5.76. The van der Waals surface area contributed by atoms with E-state index >= 15 is 0 Å². The van der Waals surface area contributed by atoms with Gasteiger partial charge in [-0.3, -0.25) is 4.79 Å². The Hall–Kier alpha value is -0.370. The van der Waals surface area contributed by atoms with Gasteiger partial charge in [0.1, 0.15) is 0 Å². The van der Waals surface area contributed by atoms with Crippen LogP contribution in [0, 0.1) is 10.8 Å². The lowest BCUT2D eigenvalue weighted by Gasteiger charge is -2.36. The number of hydrogen-bond acceptors (Lipinski definition) is 2. The fraction of sp³-hybridized carbons (Fsp3) is 0.923. The number of carbonyl (C=O) groups is 1. The average molecular weight is 213 g/mol. The molecule has 0 amide bonds. The zero-order valence-electron chi connectivity index (χ0n) is 11.6. The Kier molecular flexibility index (Phi) is 4.53. The highest BCUT2D eigenvalue weighted by Gasteiger charge is 2.37. The molecule has 0 saturated carbocycles. The van der Waals surface area contributed by atoms with Gasteiger partial charge < -0.3 is 5.32 Å². The van der Waals surface area contributed by atoms with E-state index in [0.717, 1.165) is 0 Å². The largest absolute Gasteiger partial charge is 0.305 e. The summed E-state index contributed by atoms with van der Waals surface area (Å²) >= 11 is 0. The summed E-state index contributed by atoms with van der Waals surface area (Å²) in [5.74, 6) is 0.295. The highest BCUT2D eigenvalue weighted by atomic mass is 16.1. The highest BCUT2D eigenvalue weighted by Crippen LogP contribution is 2.27.